The van der Waals surface area contributed by atoms with Gasteiger partial charge in [-0.15, -0.1) is 0 Å². The van der Waals surface area contributed by atoms with Crippen LogP contribution in [0, 0.1) is 0 Å². The number of hydrogen-bond acceptors (Lipinski definition) is 5. The minimum atomic E-state index is -4.50. The van der Waals surface area contributed by atoms with Crippen molar-refractivity contribution in [1.82, 2.24) is 24.5 Å². The highest BCUT2D eigenvalue weighted by molar-refractivity contribution is 6.00. The number of amides is 1. The van der Waals surface area contributed by atoms with Gasteiger partial charge in [0.2, 0.25) is 5.91 Å². The van der Waals surface area contributed by atoms with Crippen molar-refractivity contribution < 1.29 is 18.0 Å². The van der Waals surface area contributed by atoms with E-state index in [1.807, 2.05) is 12.1 Å². The number of aromatic nitrogens is 5. The number of nitrogens with zero attached hydrogens (tertiary/aromatic N) is 6. The molecular formula is C26H21F3N6O. The third-order valence-electron chi connectivity index (χ3n) is 6.50. The maximum Gasteiger partial charge on any atom is 0.434 e. The van der Waals surface area contributed by atoms with Crippen LogP contribution in [0.2, 0.25) is 0 Å². The van der Waals surface area contributed by atoms with Gasteiger partial charge in [0.15, 0.2) is 11.5 Å². The summed E-state index contributed by atoms with van der Waals surface area (Å²) >= 11 is 0. The number of carbonyl (C=O) groups excluding carboxylic acids is 1. The monoisotopic (exact) mass is 490 g/mol. The highest BCUT2D eigenvalue weighted by Crippen LogP contribution is 2.43. The number of halogens is 3. The first kappa shape index (κ1) is 22.4. The lowest BCUT2D eigenvalue weighted by atomic mass is 10.1. The molecule has 3 aromatic heterocycles. The lowest BCUT2D eigenvalue weighted by Crippen LogP contribution is -2.26. The number of rotatable bonds is 5. The molecule has 7 nitrogen and oxygen atoms in total. The van der Waals surface area contributed by atoms with Crippen LogP contribution < -0.4 is 4.90 Å². The van der Waals surface area contributed by atoms with E-state index in [2.05, 4.69) is 15.0 Å². The fourth-order valence-corrected chi connectivity index (χ4v) is 4.53. The number of hydrogen-bond donors (Lipinski definition) is 0. The molecule has 0 spiro atoms. The van der Waals surface area contributed by atoms with Crippen molar-refractivity contribution in [2.75, 3.05) is 4.90 Å². The molecule has 0 radical (unpaired) electrons. The van der Waals surface area contributed by atoms with Gasteiger partial charge in [0.25, 0.3) is 0 Å². The summed E-state index contributed by atoms with van der Waals surface area (Å²) in [5, 5.41) is 0. The highest BCUT2D eigenvalue weighted by Gasteiger charge is 2.35. The Bertz CT molecular complexity index is 1470. The van der Waals surface area contributed by atoms with Gasteiger partial charge >= 0.3 is 6.18 Å². The third-order valence-corrected chi connectivity index (χ3v) is 6.50. The summed E-state index contributed by atoms with van der Waals surface area (Å²) in [4.78, 5) is 32.0. The molecule has 1 fully saturated rings. The number of anilines is 1. The lowest BCUT2D eigenvalue weighted by Gasteiger charge is -2.17. The standard InChI is InChI=1S/C26H21F3N6O/c1-34-14-20(26(27,28)29)32-24(34)17-6-4-15(5-7-17)13-35-21(36)11-18-12-31-23(33-25(18)35)19-3-2-10-30-22(19)16-8-9-16/h2-7,10,12,14,16H,8-9,11,13H2,1H3. The quantitative estimate of drug-likeness (QED) is 0.397. The Morgan fingerprint density at radius 1 is 1.06 bits per heavy atom. The van der Waals surface area contributed by atoms with Crippen molar-refractivity contribution in [3.8, 4) is 22.8 Å². The third kappa shape index (κ3) is 4.02. The summed E-state index contributed by atoms with van der Waals surface area (Å²) in [5.41, 5.74) is 3.10. The molecule has 1 amide bonds. The topological polar surface area (TPSA) is 76.8 Å². The average Bonchev–Trinajstić information content (AvgIpc) is 3.56. The zero-order chi connectivity index (χ0) is 25.0. The van der Waals surface area contributed by atoms with Crippen LogP contribution in [0.4, 0.5) is 19.0 Å². The number of pyridine rings is 1. The van der Waals surface area contributed by atoms with Gasteiger partial charge in [0, 0.05) is 48.2 Å². The SMILES string of the molecule is Cn1cc(C(F)(F)F)nc1-c1ccc(CN2C(=O)Cc3cnc(-c4cccnc4C4CC4)nc32)cc1. The van der Waals surface area contributed by atoms with Crippen LogP contribution in [0.15, 0.2) is 55.0 Å². The van der Waals surface area contributed by atoms with E-state index in [4.69, 9.17) is 4.98 Å². The zero-order valence-corrected chi connectivity index (χ0v) is 19.3. The number of benzene rings is 1. The summed E-state index contributed by atoms with van der Waals surface area (Å²) in [6.45, 7) is 0.291. The molecule has 1 saturated carbocycles. The van der Waals surface area contributed by atoms with Crippen LogP contribution in [0.3, 0.4) is 0 Å². The van der Waals surface area contributed by atoms with Gasteiger partial charge in [-0.05, 0) is 30.5 Å². The molecule has 4 heterocycles. The average molecular weight is 490 g/mol. The van der Waals surface area contributed by atoms with E-state index in [0.717, 1.165) is 41.4 Å². The summed E-state index contributed by atoms with van der Waals surface area (Å²) in [6.07, 6.45) is 2.38. The molecule has 10 heteroatoms. The molecule has 0 unspecified atom stereocenters. The number of imidazole rings is 1. The fraction of sp³-hybridized carbons (Fsp3) is 0.269. The van der Waals surface area contributed by atoms with E-state index in [1.54, 1.807) is 41.6 Å². The predicted molar refractivity (Wildman–Crippen MR) is 126 cm³/mol. The molecule has 0 atom stereocenters. The van der Waals surface area contributed by atoms with Crippen LogP contribution in [-0.4, -0.2) is 30.4 Å². The minimum absolute atomic E-state index is 0.0759. The number of fused-ring (bicyclic) bond motifs is 1. The van der Waals surface area contributed by atoms with Gasteiger partial charge in [-0.1, -0.05) is 24.3 Å². The van der Waals surface area contributed by atoms with Crippen molar-refractivity contribution in [3.63, 3.8) is 0 Å². The van der Waals surface area contributed by atoms with Crippen LogP contribution in [-0.2, 0) is 31.0 Å². The van der Waals surface area contributed by atoms with E-state index in [9.17, 15) is 18.0 Å². The molecule has 0 N–H and O–H groups in total. The van der Waals surface area contributed by atoms with E-state index in [1.165, 1.54) is 11.6 Å². The predicted octanol–water partition coefficient (Wildman–Crippen LogP) is 4.92. The summed E-state index contributed by atoms with van der Waals surface area (Å²) in [5.74, 6) is 1.71. The van der Waals surface area contributed by atoms with Crippen LogP contribution in [0.1, 0.15) is 41.3 Å². The summed E-state index contributed by atoms with van der Waals surface area (Å²) < 4.78 is 40.4. The minimum Gasteiger partial charge on any atom is -0.333 e. The van der Waals surface area contributed by atoms with Gasteiger partial charge in [-0.2, -0.15) is 13.2 Å². The van der Waals surface area contributed by atoms with Gasteiger partial charge in [0.05, 0.1) is 18.7 Å². The number of alkyl halides is 3. The number of carbonyl (C=O) groups is 1. The molecule has 36 heavy (non-hydrogen) atoms. The second-order valence-corrected chi connectivity index (χ2v) is 9.16. The molecule has 1 aliphatic carbocycles. The Morgan fingerprint density at radius 2 is 1.83 bits per heavy atom. The molecule has 0 bridgehead atoms. The first-order valence-corrected chi connectivity index (χ1v) is 11.6. The first-order valence-electron chi connectivity index (χ1n) is 11.6. The van der Waals surface area contributed by atoms with Crippen LogP contribution in [0.5, 0.6) is 0 Å². The summed E-state index contributed by atoms with van der Waals surface area (Å²) in [7, 11) is 1.53. The first-order chi connectivity index (χ1) is 17.3. The molecule has 2 aliphatic rings. The molecular weight excluding hydrogens is 469 g/mol. The number of aryl methyl sites for hydroxylation is 1. The van der Waals surface area contributed by atoms with Gasteiger partial charge in [0.1, 0.15) is 11.6 Å². The molecule has 182 valence electrons. The van der Waals surface area contributed by atoms with Gasteiger partial charge in [-0.3, -0.25) is 14.7 Å². The maximum absolute atomic E-state index is 13.0. The van der Waals surface area contributed by atoms with E-state index >= 15 is 0 Å². The van der Waals surface area contributed by atoms with Crippen molar-refractivity contribution >= 4 is 11.7 Å². The van der Waals surface area contributed by atoms with E-state index in [0.29, 0.717) is 29.7 Å². The molecule has 1 aromatic carbocycles. The molecule has 1 aliphatic heterocycles. The van der Waals surface area contributed by atoms with E-state index in [-0.39, 0.29) is 18.2 Å². The van der Waals surface area contributed by atoms with Crippen molar-refractivity contribution in [3.05, 3.63) is 77.5 Å². The zero-order valence-electron chi connectivity index (χ0n) is 19.3. The van der Waals surface area contributed by atoms with Crippen molar-refractivity contribution in [2.45, 2.75) is 37.9 Å². The van der Waals surface area contributed by atoms with Crippen LogP contribution in [0.25, 0.3) is 22.8 Å². The Morgan fingerprint density at radius 3 is 2.53 bits per heavy atom. The fourth-order valence-electron chi connectivity index (χ4n) is 4.53. The van der Waals surface area contributed by atoms with Gasteiger partial charge in [-0.25, -0.2) is 15.0 Å². The van der Waals surface area contributed by atoms with Crippen molar-refractivity contribution in [1.29, 1.82) is 0 Å². The van der Waals surface area contributed by atoms with E-state index < -0.39 is 11.9 Å². The van der Waals surface area contributed by atoms with Gasteiger partial charge < -0.3 is 4.57 Å². The molecule has 6 rings (SSSR count). The Balaban J connectivity index is 1.27. The summed E-state index contributed by atoms with van der Waals surface area (Å²) in [6, 6.07) is 10.8. The normalized spacial score (nSPS) is 15.4. The molecule has 0 saturated heterocycles. The second-order valence-electron chi connectivity index (χ2n) is 9.16. The van der Waals surface area contributed by atoms with Crippen molar-refractivity contribution in [2.24, 2.45) is 7.05 Å². The van der Waals surface area contributed by atoms with Crippen LogP contribution >= 0.6 is 0 Å². The Kier molecular flexibility index (Phi) is 5.13. The second kappa shape index (κ2) is 8.25. The Hall–Kier alpha value is -4.08. The maximum atomic E-state index is 13.0. The Labute approximate surface area is 204 Å². The largest absolute Gasteiger partial charge is 0.434 e. The lowest BCUT2D eigenvalue weighted by molar-refractivity contribution is -0.140. The smallest absolute Gasteiger partial charge is 0.333 e. The molecule has 4 aromatic rings. The highest BCUT2D eigenvalue weighted by atomic mass is 19.4.